The number of ether oxygens (including phenoxy) is 1. The van der Waals surface area contributed by atoms with E-state index in [0.717, 1.165) is 31.9 Å². The normalized spacial score (nSPS) is 18.9. The number of hydrogen-bond donors (Lipinski definition) is 1. The molecule has 1 saturated heterocycles. The SMILES string of the molecule is COc1cccc(C(C(C)C)N2CCNCC2)c1. The predicted octanol–water partition coefficient (Wildman–Crippen LogP) is 2.30. The second-order valence-electron chi connectivity index (χ2n) is 5.25. The van der Waals surface area contributed by atoms with Crippen LogP contribution in [0, 0.1) is 5.92 Å². The average Bonchev–Trinajstić information content (AvgIpc) is 2.40. The van der Waals surface area contributed by atoms with E-state index in [9.17, 15) is 0 Å². The van der Waals surface area contributed by atoms with Crippen LogP contribution in [-0.4, -0.2) is 38.2 Å². The van der Waals surface area contributed by atoms with E-state index >= 15 is 0 Å². The highest BCUT2D eigenvalue weighted by atomic mass is 16.5. The molecule has 1 unspecified atom stereocenters. The summed E-state index contributed by atoms with van der Waals surface area (Å²) in [4.78, 5) is 2.58. The molecule has 0 spiro atoms. The molecule has 1 N–H and O–H groups in total. The quantitative estimate of drug-likeness (QED) is 0.885. The second kappa shape index (κ2) is 6.21. The van der Waals surface area contributed by atoms with Crippen molar-refractivity contribution in [1.82, 2.24) is 10.2 Å². The van der Waals surface area contributed by atoms with Crippen molar-refractivity contribution in [3.8, 4) is 5.75 Å². The van der Waals surface area contributed by atoms with Gasteiger partial charge in [0.15, 0.2) is 0 Å². The van der Waals surface area contributed by atoms with Crippen LogP contribution in [0.3, 0.4) is 0 Å². The zero-order valence-corrected chi connectivity index (χ0v) is 11.6. The van der Waals surface area contributed by atoms with Crippen LogP contribution in [-0.2, 0) is 0 Å². The molecule has 0 amide bonds. The second-order valence-corrected chi connectivity index (χ2v) is 5.25. The Morgan fingerprint density at radius 1 is 1.22 bits per heavy atom. The Morgan fingerprint density at radius 3 is 2.56 bits per heavy atom. The summed E-state index contributed by atoms with van der Waals surface area (Å²) in [5, 5.41) is 3.42. The minimum absolute atomic E-state index is 0.488. The van der Waals surface area contributed by atoms with Gasteiger partial charge in [0.1, 0.15) is 5.75 Å². The fraction of sp³-hybridized carbons (Fsp3) is 0.600. The van der Waals surface area contributed by atoms with E-state index < -0.39 is 0 Å². The van der Waals surface area contributed by atoms with Gasteiger partial charge in [0.25, 0.3) is 0 Å². The molecule has 1 aromatic rings. The lowest BCUT2D eigenvalue weighted by Gasteiger charge is -2.37. The highest BCUT2D eigenvalue weighted by Gasteiger charge is 2.25. The third kappa shape index (κ3) is 3.03. The average molecular weight is 248 g/mol. The molecule has 3 heteroatoms. The molecule has 1 aromatic carbocycles. The van der Waals surface area contributed by atoms with E-state index in [-0.39, 0.29) is 0 Å². The standard InChI is InChI=1S/C15H24N2O/c1-12(2)15(17-9-7-16-8-10-17)13-5-4-6-14(11-13)18-3/h4-6,11-12,15-16H,7-10H2,1-3H3. The van der Waals surface area contributed by atoms with E-state index in [1.54, 1.807) is 7.11 Å². The van der Waals surface area contributed by atoms with Crippen molar-refractivity contribution in [2.45, 2.75) is 19.9 Å². The van der Waals surface area contributed by atoms with Crippen molar-refractivity contribution in [3.05, 3.63) is 29.8 Å². The van der Waals surface area contributed by atoms with Crippen molar-refractivity contribution in [2.75, 3.05) is 33.3 Å². The first kappa shape index (κ1) is 13.4. The fourth-order valence-electron chi connectivity index (χ4n) is 2.80. The third-order valence-electron chi connectivity index (χ3n) is 3.61. The Labute approximate surface area is 110 Å². The van der Waals surface area contributed by atoms with Gasteiger partial charge in [-0.15, -0.1) is 0 Å². The Morgan fingerprint density at radius 2 is 1.94 bits per heavy atom. The molecular formula is C15H24N2O. The Balaban J connectivity index is 2.22. The van der Waals surface area contributed by atoms with Crippen LogP contribution >= 0.6 is 0 Å². The van der Waals surface area contributed by atoms with Gasteiger partial charge in [-0.1, -0.05) is 26.0 Å². The molecule has 3 nitrogen and oxygen atoms in total. The van der Waals surface area contributed by atoms with Crippen LogP contribution in [0.25, 0.3) is 0 Å². The van der Waals surface area contributed by atoms with Crippen molar-refractivity contribution in [1.29, 1.82) is 0 Å². The van der Waals surface area contributed by atoms with Crippen molar-refractivity contribution < 1.29 is 4.74 Å². The number of hydrogen-bond acceptors (Lipinski definition) is 3. The Bertz CT molecular complexity index is 373. The summed E-state index contributed by atoms with van der Waals surface area (Å²) in [6.07, 6.45) is 0. The van der Waals surface area contributed by atoms with Crippen molar-refractivity contribution >= 4 is 0 Å². The van der Waals surface area contributed by atoms with Crippen LogP contribution in [0.1, 0.15) is 25.5 Å². The van der Waals surface area contributed by atoms with Gasteiger partial charge in [-0.25, -0.2) is 0 Å². The molecule has 18 heavy (non-hydrogen) atoms. The Kier molecular flexibility index (Phi) is 4.61. The maximum atomic E-state index is 5.34. The summed E-state index contributed by atoms with van der Waals surface area (Å²) in [6.45, 7) is 9.03. The van der Waals surface area contributed by atoms with Gasteiger partial charge in [0.2, 0.25) is 0 Å². The smallest absolute Gasteiger partial charge is 0.119 e. The molecule has 1 fully saturated rings. The van der Waals surface area contributed by atoms with Crippen LogP contribution in [0.15, 0.2) is 24.3 Å². The summed E-state index contributed by atoms with van der Waals surface area (Å²) >= 11 is 0. The van der Waals surface area contributed by atoms with Gasteiger partial charge < -0.3 is 10.1 Å². The van der Waals surface area contributed by atoms with Gasteiger partial charge in [-0.2, -0.15) is 0 Å². The molecule has 0 radical (unpaired) electrons. The highest BCUT2D eigenvalue weighted by molar-refractivity contribution is 5.31. The monoisotopic (exact) mass is 248 g/mol. The maximum Gasteiger partial charge on any atom is 0.119 e. The van der Waals surface area contributed by atoms with E-state index in [2.05, 4.69) is 42.3 Å². The molecule has 0 bridgehead atoms. The summed E-state index contributed by atoms with van der Waals surface area (Å²) in [5.74, 6) is 1.56. The molecule has 0 saturated carbocycles. The zero-order chi connectivity index (χ0) is 13.0. The molecule has 2 rings (SSSR count). The van der Waals surface area contributed by atoms with Crippen LogP contribution < -0.4 is 10.1 Å². The van der Waals surface area contributed by atoms with Crippen molar-refractivity contribution in [2.24, 2.45) is 5.92 Å². The summed E-state index contributed by atoms with van der Waals surface area (Å²) in [6, 6.07) is 8.98. The third-order valence-corrected chi connectivity index (χ3v) is 3.61. The predicted molar refractivity (Wildman–Crippen MR) is 75.0 cm³/mol. The highest BCUT2D eigenvalue weighted by Crippen LogP contribution is 2.30. The molecule has 1 aliphatic heterocycles. The maximum absolute atomic E-state index is 5.34. The van der Waals surface area contributed by atoms with E-state index in [4.69, 9.17) is 4.74 Å². The Hall–Kier alpha value is -1.06. The minimum Gasteiger partial charge on any atom is -0.497 e. The zero-order valence-electron chi connectivity index (χ0n) is 11.6. The summed E-state index contributed by atoms with van der Waals surface area (Å²) in [5.41, 5.74) is 1.37. The summed E-state index contributed by atoms with van der Waals surface area (Å²) in [7, 11) is 1.73. The molecule has 1 heterocycles. The van der Waals surface area contributed by atoms with Gasteiger partial charge in [0, 0.05) is 32.2 Å². The number of methoxy groups -OCH3 is 1. The number of nitrogens with one attached hydrogen (secondary N) is 1. The van der Waals surface area contributed by atoms with Gasteiger partial charge in [-0.3, -0.25) is 4.90 Å². The number of piperazine rings is 1. The summed E-state index contributed by atoms with van der Waals surface area (Å²) < 4.78 is 5.34. The molecule has 0 aliphatic carbocycles. The lowest BCUT2D eigenvalue weighted by molar-refractivity contribution is 0.137. The van der Waals surface area contributed by atoms with Crippen LogP contribution in [0.5, 0.6) is 5.75 Å². The van der Waals surface area contributed by atoms with Gasteiger partial charge >= 0.3 is 0 Å². The number of rotatable bonds is 4. The van der Waals surface area contributed by atoms with Gasteiger partial charge in [-0.05, 0) is 23.6 Å². The fourth-order valence-corrected chi connectivity index (χ4v) is 2.80. The molecule has 1 atom stereocenters. The first-order valence-corrected chi connectivity index (χ1v) is 6.81. The number of benzene rings is 1. The van der Waals surface area contributed by atoms with Gasteiger partial charge in [0.05, 0.1) is 7.11 Å². The minimum atomic E-state index is 0.488. The first-order chi connectivity index (χ1) is 8.72. The first-order valence-electron chi connectivity index (χ1n) is 6.81. The molecular weight excluding hydrogens is 224 g/mol. The van der Waals surface area contributed by atoms with Crippen molar-refractivity contribution in [3.63, 3.8) is 0 Å². The van der Waals surface area contributed by atoms with Crippen LogP contribution in [0.2, 0.25) is 0 Å². The lowest BCUT2D eigenvalue weighted by Crippen LogP contribution is -2.46. The topological polar surface area (TPSA) is 24.5 Å². The largest absolute Gasteiger partial charge is 0.497 e. The molecule has 1 aliphatic rings. The number of nitrogens with zero attached hydrogens (tertiary/aromatic N) is 1. The lowest BCUT2D eigenvalue weighted by atomic mass is 9.93. The molecule has 100 valence electrons. The van der Waals surface area contributed by atoms with E-state index in [0.29, 0.717) is 12.0 Å². The molecule has 0 aromatic heterocycles. The van der Waals surface area contributed by atoms with E-state index in [1.807, 2.05) is 6.07 Å². The van der Waals surface area contributed by atoms with Crippen LogP contribution in [0.4, 0.5) is 0 Å². The van der Waals surface area contributed by atoms with E-state index in [1.165, 1.54) is 5.56 Å².